The van der Waals surface area contributed by atoms with Crippen LogP contribution in [0.1, 0.15) is 12.5 Å². The maximum Gasteiger partial charge on any atom is 0.246 e. The Morgan fingerprint density at radius 1 is 1.13 bits per heavy atom. The molecule has 0 bridgehead atoms. The van der Waals surface area contributed by atoms with E-state index in [9.17, 15) is 8.42 Å². The summed E-state index contributed by atoms with van der Waals surface area (Å²) in [7, 11) is -2.23. The van der Waals surface area contributed by atoms with Crippen LogP contribution in [0.4, 0.5) is 5.69 Å². The molecule has 0 spiro atoms. The summed E-state index contributed by atoms with van der Waals surface area (Å²) in [6.07, 6.45) is 1.54. The molecule has 2 aromatic carbocycles. The number of ether oxygens (including phenoxy) is 1. The monoisotopic (exact) mass is 427 g/mol. The highest BCUT2D eigenvalue weighted by Crippen LogP contribution is 2.33. The molecule has 0 N–H and O–H groups in total. The van der Waals surface area contributed by atoms with Crippen molar-refractivity contribution in [1.29, 1.82) is 0 Å². The Balaban J connectivity index is 1.58. The molecule has 7 nitrogen and oxygen atoms in total. The number of aromatic nitrogens is 1. The van der Waals surface area contributed by atoms with Gasteiger partial charge >= 0.3 is 0 Å². The molecule has 0 saturated carbocycles. The second kappa shape index (κ2) is 8.12. The zero-order chi connectivity index (χ0) is 21.3. The van der Waals surface area contributed by atoms with Crippen LogP contribution in [0.25, 0.3) is 11.3 Å². The summed E-state index contributed by atoms with van der Waals surface area (Å²) in [6, 6.07) is 15.0. The molecule has 0 radical (unpaired) electrons. The molecule has 3 aromatic rings. The fourth-order valence-corrected chi connectivity index (χ4v) is 5.52. The Bertz CT molecular complexity index is 1130. The van der Waals surface area contributed by atoms with Gasteiger partial charge in [-0.25, -0.2) is 8.42 Å². The van der Waals surface area contributed by atoms with Crippen LogP contribution in [0.2, 0.25) is 0 Å². The van der Waals surface area contributed by atoms with E-state index in [1.165, 1.54) is 17.0 Å². The highest BCUT2D eigenvalue weighted by atomic mass is 32.2. The number of methoxy groups -OCH3 is 1. The minimum atomic E-state index is -3.70. The Hall–Kier alpha value is -2.84. The van der Waals surface area contributed by atoms with E-state index in [0.29, 0.717) is 31.0 Å². The van der Waals surface area contributed by atoms with Crippen LogP contribution in [0.15, 0.2) is 64.1 Å². The van der Waals surface area contributed by atoms with Crippen molar-refractivity contribution in [2.45, 2.75) is 24.8 Å². The molecule has 30 heavy (non-hydrogen) atoms. The molecule has 0 amide bonds. The second-order valence-electron chi connectivity index (χ2n) is 7.49. The summed E-state index contributed by atoms with van der Waals surface area (Å²) < 4.78 is 38.9. The standard InChI is InChI=1S/C22H25N3O4S/c1-16-5-4-6-19(13-16)25-12-11-24(15-17(25)2)30(26,27)22-8-7-18(14-21(22)28-3)20-9-10-23-29-20/h4-10,13-14,17H,11-12,15H2,1-3H3. The maximum absolute atomic E-state index is 13.4. The summed E-state index contributed by atoms with van der Waals surface area (Å²) in [5, 5.41) is 3.70. The van der Waals surface area contributed by atoms with E-state index in [0.717, 1.165) is 5.69 Å². The summed E-state index contributed by atoms with van der Waals surface area (Å²) in [6.45, 7) is 5.55. The van der Waals surface area contributed by atoms with Gasteiger partial charge in [-0.1, -0.05) is 17.3 Å². The number of benzene rings is 2. The Labute approximate surface area is 176 Å². The Morgan fingerprint density at radius 3 is 2.63 bits per heavy atom. The van der Waals surface area contributed by atoms with Crippen molar-refractivity contribution < 1.29 is 17.7 Å². The number of aryl methyl sites for hydroxylation is 1. The van der Waals surface area contributed by atoms with Gasteiger partial charge in [0.15, 0.2) is 5.76 Å². The molecule has 0 aliphatic carbocycles. The predicted molar refractivity (Wildman–Crippen MR) is 115 cm³/mol. The Morgan fingerprint density at radius 2 is 1.97 bits per heavy atom. The molecular formula is C22H25N3O4S. The van der Waals surface area contributed by atoms with Gasteiger partial charge in [-0.2, -0.15) is 4.31 Å². The maximum atomic E-state index is 13.4. The molecule has 1 atom stereocenters. The first-order chi connectivity index (χ1) is 14.4. The van der Waals surface area contributed by atoms with Gasteiger partial charge in [0.2, 0.25) is 10.0 Å². The highest BCUT2D eigenvalue weighted by Gasteiger charge is 2.34. The second-order valence-corrected chi connectivity index (χ2v) is 9.39. The van der Waals surface area contributed by atoms with E-state index in [1.54, 1.807) is 30.5 Å². The largest absolute Gasteiger partial charge is 0.495 e. The molecule has 1 saturated heterocycles. The van der Waals surface area contributed by atoms with Gasteiger partial charge in [-0.3, -0.25) is 0 Å². The fourth-order valence-electron chi connectivity index (χ4n) is 3.87. The molecule has 1 unspecified atom stereocenters. The predicted octanol–water partition coefficient (Wildman–Crippen LogP) is 3.56. The third kappa shape index (κ3) is 3.80. The van der Waals surface area contributed by atoms with Crippen molar-refractivity contribution in [2.75, 3.05) is 31.6 Å². The van der Waals surface area contributed by atoms with Crippen molar-refractivity contribution in [2.24, 2.45) is 0 Å². The smallest absolute Gasteiger partial charge is 0.246 e. The molecule has 1 fully saturated rings. The van der Waals surface area contributed by atoms with Crippen LogP contribution in [0, 0.1) is 6.92 Å². The van der Waals surface area contributed by atoms with E-state index < -0.39 is 10.0 Å². The van der Waals surface area contributed by atoms with Gasteiger partial charge in [-0.05, 0) is 49.7 Å². The zero-order valence-electron chi connectivity index (χ0n) is 17.3. The molecular weight excluding hydrogens is 402 g/mol. The van der Waals surface area contributed by atoms with Crippen LogP contribution >= 0.6 is 0 Å². The normalized spacial score (nSPS) is 17.8. The van der Waals surface area contributed by atoms with Crippen molar-refractivity contribution in [1.82, 2.24) is 9.46 Å². The van der Waals surface area contributed by atoms with E-state index >= 15 is 0 Å². The van der Waals surface area contributed by atoms with Crippen molar-refractivity contribution in [3.63, 3.8) is 0 Å². The SMILES string of the molecule is COc1cc(-c2ccno2)ccc1S(=O)(=O)N1CCN(c2cccc(C)c2)C(C)C1. The van der Waals surface area contributed by atoms with Crippen LogP contribution in [0.5, 0.6) is 5.75 Å². The number of anilines is 1. The van der Waals surface area contributed by atoms with Gasteiger partial charge in [0.25, 0.3) is 0 Å². The molecule has 1 aliphatic rings. The fraction of sp³-hybridized carbons (Fsp3) is 0.318. The summed E-state index contributed by atoms with van der Waals surface area (Å²) in [5.41, 5.74) is 3.01. The van der Waals surface area contributed by atoms with Crippen LogP contribution in [-0.4, -0.2) is 50.7 Å². The van der Waals surface area contributed by atoms with Gasteiger partial charge in [0, 0.05) is 43.0 Å². The number of nitrogens with zero attached hydrogens (tertiary/aromatic N) is 3. The zero-order valence-corrected chi connectivity index (χ0v) is 18.1. The quantitative estimate of drug-likeness (QED) is 0.620. The summed E-state index contributed by atoms with van der Waals surface area (Å²) in [4.78, 5) is 2.41. The number of rotatable bonds is 5. The molecule has 8 heteroatoms. The number of hydrogen-bond donors (Lipinski definition) is 0. The van der Waals surface area contributed by atoms with Gasteiger partial charge in [0.05, 0.1) is 13.3 Å². The molecule has 158 valence electrons. The number of hydrogen-bond acceptors (Lipinski definition) is 6. The van der Waals surface area contributed by atoms with E-state index in [2.05, 4.69) is 35.2 Å². The summed E-state index contributed by atoms with van der Waals surface area (Å²) >= 11 is 0. The molecule has 4 rings (SSSR count). The lowest BCUT2D eigenvalue weighted by Crippen LogP contribution is -2.53. The average Bonchev–Trinajstić information content (AvgIpc) is 3.28. The lowest BCUT2D eigenvalue weighted by molar-refractivity contribution is 0.339. The molecule has 2 heterocycles. The van der Waals surface area contributed by atoms with Gasteiger partial charge in [-0.15, -0.1) is 0 Å². The third-order valence-corrected chi connectivity index (χ3v) is 7.33. The van der Waals surface area contributed by atoms with Crippen molar-refractivity contribution in [3.8, 4) is 17.1 Å². The Kier molecular flexibility index (Phi) is 5.53. The minimum absolute atomic E-state index is 0.0507. The lowest BCUT2D eigenvalue weighted by atomic mass is 10.1. The summed E-state index contributed by atoms with van der Waals surface area (Å²) in [5.74, 6) is 0.843. The number of sulfonamides is 1. The van der Waals surface area contributed by atoms with Crippen molar-refractivity contribution >= 4 is 15.7 Å². The lowest BCUT2D eigenvalue weighted by Gasteiger charge is -2.40. The number of piperazine rings is 1. The van der Waals surface area contributed by atoms with Gasteiger partial charge in [0.1, 0.15) is 10.6 Å². The average molecular weight is 428 g/mol. The van der Waals surface area contributed by atoms with Crippen LogP contribution in [0.3, 0.4) is 0 Å². The first-order valence-corrected chi connectivity index (χ1v) is 11.3. The topological polar surface area (TPSA) is 75.9 Å². The first kappa shape index (κ1) is 20.4. The molecule has 1 aliphatic heterocycles. The van der Waals surface area contributed by atoms with E-state index in [4.69, 9.17) is 9.26 Å². The van der Waals surface area contributed by atoms with E-state index in [1.807, 2.05) is 13.0 Å². The van der Waals surface area contributed by atoms with Crippen LogP contribution in [-0.2, 0) is 10.0 Å². The van der Waals surface area contributed by atoms with Crippen molar-refractivity contribution in [3.05, 3.63) is 60.3 Å². The van der Waals surface area contributed by atoms with Gasteiger partial charge < -0.3 is 14.2 Å². The minimum Gasteiger partial charge on any atom is -0.495 e. The first-order valence-electron chi connectivity index (χ1n) is 9.82. The van der Waals surface area contributed by atoms with E-state index in [-0.39, 0.29) is 16.7 Å². The van der Waals surface area contributed by atoms with Crippen LogP contribution < -0.4 is 9.64 Å². The third-order valence-electron chi connectivity index (χ3n) is 5.43. The highest BCUT2D eigenvalue weighted by molar-refractivity contribution is 7.89. The molecule has 1 aromatic heterocycles.